The van der Waals surface area contributed by atoms with Crippen LogP contribution in [0.2, 0.25) is 0 Å². The van der Waals surface area contributed by atoms with E-state index in [-0.39, 0.29) is 0 Å². The van der Waals surface area contributed by atoms with E-state index in [2.05, 4.69) is 23.1 Å². The highest BCUT2D eigenvalue weighted by molar-refractivity contribution is 5.81. The van der Waals surface area contributed by atoms with Crippen molar-refractivity contribution in [3.05, 3.63) is 35.9 Å². The summed E-state index contributed by atoms with van der Waals surface area (Å²) < 4.78 is 5.41. The molecule has 1 aliphatic heterocycles. The molecule has 2 aromatic rings. The second kappa shape index (κ2) is 5.55. The first-order valence-corrected chi connectivity index (χ1v) is 6.80. The number of pyridine rings is 1. The van der Waals surface area contributed by atoms with E-state index in [0.29, 0.717) is 6.54 Å². The number of hydrogen-bond acceptors (Lipinski definition) is 4. The summed E-state index contributed by atoms with van der Waals surface area (Å²) in [7, 11) is 0. The van der Waals surface area contributed by atoms with Crippen molar-refractivity contribution in [2.24, 2.45) is 5.73 Å². The molecule has 3 rings (SSSR count). The van der Waals surface area contributed by atoms with Gasteiger partial charge in [0.25, 0.3) is 0 Å². The normalized spacial score (nSPS) is 15.9. The van der Waals surface area contributed by atoms with Gasteiger partial charge in [0.15, 0.2) is 0 Å². The molecule has 4 nitrogen and oxygen atoms in total. The maximum absolute atomic E-state index is 5.73. The van der Waals surface area contributed by atoms with Crippen LogP contribution >= 0.6 is 0 Å². The SMILES string of the molecule is NCCc1cc2ccccc2nc1N1CCOCC1. The zero-order valence-corrected chi connectivity index (χ0v) is 11.0. The molecule has 0 aliphatic carbocycles. The Morgan fingerprint density at radius 3 is 2.79 bits per heavy atom. The van der Waals surface area contributed by atoms with Crippen molar-refractivity contribution in [3.63, 3.8) is 0 Å². The van der Waals surface area contributed by atoms with Crippen molar-refractivity contribution in [2.45, 2.75) is 6.42 Å². The molecule has 1 aromatic heterocycles. The number of rotatable bonds is 3. The molecule has 0 amide bonds. The molecule has 1 fully saturated rings. The number of ether oxygens (including phenoxy) is 1. The number of anilines is 1. The number of aromatic nitrogens is 1. The van der Waals surface area contributed by atoms with E-state index in [4.69, 9.17) is 15.5 Å². The fourth-order valence-electron chi connectivity index (χ4n) is 2.54. The van der Waals surface area contributed by atoms with Gasteiger partial charge in [-0.3, -0.25) is 0 Å². The monoisotopic (exact) mass is 257 g/mol. The van der Waals surface area contributed by atoms with E-state index in [0.717, 1.165) is 44.1 Å². The van der Waals surface area contributed by atoms with Crippen LogP contribution in [0.5, 0.6) is 0 Å². The molecule has 2 N–H and O–H groups in total. The van der Waals surface area contributed by atoms with E-state index in [1.165, 1.54) is 10.9 Å². The Kier molecular flexibility index (Phi) is 3.62. The van der Waals surface area contributed by atoms with E-state index in [1.807, 2.05) is 12.1 Å². The first-order valence-electron chi connectivity index (χ1n) is 6.80. The lowest BCUT2D eigenvalue weighted by Gasteiger charge is -2.29. The Bertz CT molecular complexity index is 564. The lowest BCUT2D eigenvalue weighted by Crippen LogP contribution is -2.37. The molecule has 0 atom stereocenters. The number of nitrogens with zero attached hydrogens (tertiary/aromatic N) is 2. The summed E-state index contributed by atoms with van der Waals surface area (Å²) >= 11 is 0. The maximum atomic E-state index is 5.73. The third-order valence-electron chi connectivity index (χ3n) is 3.50. The van der Waals surface area contributed by atoms with Gasteiger partial charge in [-0.2, -0.15) is 0 Å². The smallest absolute Gasteiger partial charge is 0.132 e. The predicted molar refractivity (Wildman–Crippen MR) is 77.5 cm³/mol. The Hall–Kier alpha value is -1.65. The predicted octanol–water partition coefficient (Wildman–Crippen LogP) is 1.57. The van der Waals surface area contributed by atoms with Gasteiger partial charge in [0.2, 0.25) is 0 Å². The van der Waals surface area contributed by atoms with Crippen LogP contribution in [0, 0.1) is 0 Å². The summed E-state index contributed by atoms with van der Waals surface area (Å²) in [5.41, 5.74) is 8.02. The first kappa shape index (κ1) is 12.4. The molecule has 1 aromatic carbocycles. The first-order chi connectivity index (χ1) is 9.38. The highest BCUT2D eigenvalue weighted by Gasteiger charge is 2.16. The van der Waals surface area contributed by atoms with E-state index < -0.39 is 0 Å². The minimum absolute atomic E-state index is 0.650. The molecule has 0 radical (unpaired) electrons. The molecule has 19 heavy (non-hydrogen) atoms. The third-order valence-corrected chi connectivity index (χ3v) is 3.50. The van der Waals surface area contributed by atoms with Gasteiger partial charge in [0.05, 0.1) is 18.7 Å². The van der Waals surface area contributed by atoms with Crippen LogP contribution in [-0.4, -0.2) is 37.8 Å². The van der Waals surface area contributed by atoms with Crippen LogP contribution in [-0.2, 0) is 11.2 Å². The topological polar surface area (TPSA) is 51.4 Å². The van der Waals surface area contributed by atoms with Gasteiger partial charge >= 0.3 is 0 Å². The lowest BCUT2D eigenvalue weighted by molar-refractivity contribution is 0.122. The van der Waals surface area contributed by atoms with Crippen LogP contribution in [0.3, 0.4) is 0 Å². The van der Waals surface area contributed by atoms with Crippen molar-refractivity contribution < 1.29 is 4.74 Å². The number of para-hydroxylation sites is 1. The fourth-order valence-corrected chi connectivity index (χ4v) is 2.54. The minimum Gasteiger partial charge on any atom is -0.378 e. The number of nitrogens with two attached hydrogens (primary N) is 1. The zero-order chi connectivity index (χ0) is 13.1. The van der Waals surface area contributed by atoms with Gasteiger partial charge in [0.1, 0.15) is 5.82 Å². The quantitative estimate of drug-likeness (QED) is 0.907. The maximum Gasteiger partial charge on any atom is 0.132 e. The second-order valence-corrected chi connectivity index (χ2v) is 4.80. The van der Waals surface area contributed by atoms with Crippen molar-refractivity contribution in [2.75, 3.05) is 37.7 Å². The molecule has 0 unspecified atom stereocenters. The molecular formula is C15H19N3O. The molecule has 100 valence electrons. The summed E-state index contributed by atoms with van der Waals surface area (Å²) in [6, 6.07) is 10.5. The van der Waals surface area contributed by atoms with Gasteiger partial charge in [-0.25, -0.2) is 4.98 Å². The molecule has 0 spiro atoms. The van der Waals surface area contributed by atoms with Crippen LogP contribution in [0.4, 0.5) is 5.82 Å². The molecule has 0 bridgehead atoms. The van der Waals surface area contributed by atoms with Crippen LogP contribution in [0.15, 0.2) is 30.3 Å². The largest absolute Gasteiger partial charge is 0.378 e. The van der Waals surface area contributed by atoms with Crippen molar-refractivity contribution in [3.8, 4) is 0 Å². The summed E-state index contributed by atoms with van der Waals surface area (Å²) in [5.74, 6) is 1.08. The second-order valence-electron chi connectivity index (χ2n) is 4.80. The highest BCUT2D eigenvalue weighted by atomic mass is 16.5. The number of morpholine rings is 1. The highest BCUT2D eigenvalue weighted by Crippen LogP contribution is 2.24. The van der Waals surface area contributed by atoms with Gasteiger partial charge in [-0.05, 0) is 30.7 Å². The van der Waals surface area contributed by atoms with E-state index in [1.54, 1.807) is 0 Å². The Labute approximate surface area is 113 Å². The summed E-state index contributed by atoms with van der Waals surface area (Å²) in [6.07, 6.45) is 0.866. The molecule has 1 saturated heterocycles. The van der Waals surface area contributed by atoms with Crippen LogP contribution in [0.25, 0.3) is 10.9 Å². The van der Waals surface area contributed by atoms with E-state index in [9.17, 15) is 0 Å². The van der Waals surface area contributed by atoms with Gasteiger partial charge in [0, 0.05) is 18.5 Å². The fraction of sp³-hybridized carbons (Fsp3) is 0.400. The van der Waals surface area contributed by atoms with Gasteiger partial charge in [-0.1, -0.05) is 18.2 Å². The molecule has 0 saturated carbocycles. The summed E-state index contributed by atoms with van der Waals surface area (Å²) in [6.45, 7) is 4.01. The van der Waals surface area contributed by atoms with Gasteiger partial charge in [-0.15, -0.1) is 0 Å². The van der Waals surface area contributed by atoms with Crippen LogP contribution < -0.4 is 10.6 Å². The van der Waals surface area contributed by atoms with Crippen molar-refractivity contribution >= 4 is 16.7 Å². The Morgan fingerprint density at radius 2 is 2.00 bits per heavy atom. The zero-order valence-electron chi connectivity index (χ0n) is 11.0. The average molecular weight is 257 g/mol. The Balaban J connectivity index is 2.05. The molecular weight excluding hydrogens is 238 g/mol. The minimum atomic E-state index is 0.650. The lowest BCUT2D eigenvalue weighted by atomic mass is 10.1. The van der Waals surface area contributed by atoms with Crippen molar-refractivity contribution in [1.82, 2.24) is 4.98 Å². The average Bonchev–Trinajstić information content (AvgIpc) is 2.48. The summed E-state index contributed by atoms with van der Waals surface area (Å²) in [4.78, 5) is 7.14. The van der Waals surface area contributed by atoms with E-state index >= 15 is 0 Å². The van der Waals surface area contributed by atoms with Crippen molar-refractivity contribution in [1.29, 1.82) is 0 Å². The molecule has 1 aliphatic rings. The number of benzene rings is 1. The number of hydrogen-bond donors (Lipinski definition) is 1. The summed E-state index contributed by atoms with van der Waals surface area (Å²) in [5, 5.41) is 1.18. The molecule has 2 heterocycles. The van der Waals surface area contributed by atoms with Crippen LogP contribution in [0.1, 0.15) is 5.56 Å². The third kappa shape index (κ3) is 2.55. The molecule has 4 heteroatoms. The number of fused-ring (bicyclic) bond motifs is 1. The Morgan fingerprint density at radius 1 is 1.21 bits per heavy atom. The standard InChI is InChI=1S/C15H19N3O/c16-6-5-13-11-12-3-1-2-4-14(12)17-15(13)18-7-9-19-10-8-18/h1-4,11H,5-10,16H2. The van der Waals surface area contributed by atoms with Gasteiger partial charge < -0.3 is 15.4 Å².